The summed E-state index contributed by atoms with van der Waals surface area (Å²) in [6.07, 6.45) is 2.19. The smallest absolute Gasteiger partial charge is 0.228 e. The van der Waals surface area contributed by atoms with Gasteiger partial charge in [0.1, 0.15) is 0 Å². The summed E-state index contributed by atoms with van der Waals surface area (Å²) in [6.45, 7) is 1.73. The predicted octanol–water partition coefficient (Wildman–Crippen LogP) is 1.07. The Balaban J connectivity index is 0.00000200. The lowest BCUT2D eigenvalue weighted by Crippen LogP contribution is -2.37. The van der Waals surface area contributed by atoms with Gasteiger partial charge in [0.05, 0.1) is 12.3 Å². The van der Waals surface area contributed by atoms with Crippen molar-refractivity contribution >= 4 is 29.9 Å². The summed E-state index contributed by atoms with van der Waals surface area (Å²) in [5.41, 5.74) is 6.73. The lowest BCUT2D eigenvalue weighted by Gasteiger charge is -2.21. The van der Waals surface area contributed by atoms with Crippen LogP contribution in [0.25, 0.3) is 0 Å². The molecule has 0 spiro atoms. The van der Waals surface area contributed by atoms with Crippen molar-refractivity contribution in [2.24, 2.45) is 11.7 Å². The van der Waals surface area contributed by atoms with Gasteiger partial charge in [0.2, 0.25) is 11.8 Å². The van der Waals surface area contributed by atoms with Crippen LogP contribution in [0.1, 0.15) is 18.4 Å². The highest BCUT2D eigenvalue weighted by atomic mass is 35.5. The number of piperidine rings is 1. The lowest BCUT2D eigenvalue weighted by atomic mass is 9.99. The number of primary amides is 1. The molecule has 1 atom stereocenters. The van der Waals surface area contributed by atoms with E-state index in [-0.39, 0.29) is 36.6 Å². The second-order valence-electron chi connectivity index (χ2n) is 4.87. The number of benzene rings is 1. The molecule has 20 heavy (non-hydrogen) atoms. The first-order chi connectivity index (χ1) is 9.15. The number of anilines is 1. The van der Waals surface area contributed by atoms with Crippen molar-refractivity contribution < 1.29 is 9.59 Å². The number of hydrogen-bond acceptors (Lipinski definition) is 3. The van der Waals surface area contributed by atoms with E-state index in [1.807, 2.05) is 0 Å². The van der Waals surface area contributed by atoms with Crippen molar-refractivity contribution in [3.8, 4) is 0 Å². The molecule has 4 N–H and O–H groups in total. The zero-order valence-corrected chi connectivity index (χ0v) is 12.0. The Morgan fingerprint density at radius 1 is 1.30 bits per heavy atom. The molecule has 0 radical (unpaired) electrons. The van der Waals surface area contributed by atoms with Crippen LogP contribution >= 0.6 is 12.4 Å². The minimum absolute atomic E-state index is 0. The molecular formula is C14H20ClN3O2. The lowest BCUT2D eigenvalue weighted by molar-refractivity contribution is -0.120. The fourth-order valence-electron chi connectivity index (χ4n) is 2.23. The first-order valence-corrected chi connectivity index (χ1v) is 6.54. The second kappa shape index (κ2) is 7.87. The minimum atomic E-state index is -0.356. The van der Waals surface area contributed by atoms with Crippen LogP contribution in [0.5, 0.6) is 0 Å². The number of hydrogen-bond donors (Lipinski definition) is 3. The Hall–Kier alpha value is -1.59. The standard InChI is InChI=1S/C14H19N3O2.ClH/c15-13(18)8-10-3-5-12(6-4-10)17-14(19)11-2-1-7-16-9-11;/h3-6,11,16H,1-2,7-9H2,(H2,15,18)(H,17,19);1H/t11-;/m1./s1. The average Bonchev–Trinajstić information content (AvgIpc) is 2.41. The molecule has 1 aromatic rings. The Morgan fingerprint density at radius 2 is 2.00 bits per heavy atom. The number of carbonyl (C=O) groups is 2. The summed E-state index contributed by atoms with van der Waals surface area (Å²) in [5.74, 6) is -0.265. The summed E-state index contributed by atoms with van der Waals surface area (Å²) in [5, 5.41) is 6.12. The molecule has 1 saturated heterocycles. The molecule has 1 heterocycles. The fourth-order valence-corrected chi connectivity index (χ4v) is 2.23. The summed E-state index contributed by atoms with van der Waals surface area (Å²) in [6, 6.07) is 7.21. The van der Waals surface area contributed by atoms with Gasteiger partial charge in [0.25, 0.3) is 0 Å². The van der Waals surface area contributed by atoms with E-state index in [1.165, 1.54) is 0 Å². The molecule has 1 fully saturated rings. The van der Waals surface area contributed by atoms with Gasteiger partial charge >= 0.3 is 0 Å². The molecule has 0 aliphatic carbocycles. The molecule has 110 valence electrons. The van der Waals surface area contributed by atoms with E-state index >= 15 is 0 Å². The number of halogens is 1. The quantitative estimate of drug-likeness (QED) is 0.777. The second-order valence-corrected chi connectivity index (χ2v) is 4.87. The van der Waals surface area contributed by atoms with Gasteiger partial charge in [-0.05, 0) is 37.1 Å². The van der Waals surface area contributed by atoms with E-state index in [9.17, 15) is 9.59 Å². The third-order valence-electron chi connectivity index (χ3n) is 3.27. The molecule has 2 rings (SSSR count). The molecule has 0 unspecified atom stereocenters. The Kier molecular flexibility index (Phi) is 6.48. The molecule has 1 aliphatic heterocycles. The maximum absolute atomic E-state index is 12.0. The van der Waals surface area contributed by atoms with E-state index in [4.69, 9.17) is 5.73 Å². The maximum Gasteiger partial charge on any atom is 0.228 e. The Labute approximate surface area is 124 Å². The van der Waals surface area contributed by atoms with Gasteiger partial charge in [-0.15, -0.1) is 12.4 Å². The highest BCUT2D eigenvalue weighted by Gasteiger charge is 2.20. The molecular weight excluding hydrogens is 278 g/mol. The van der Waals surface area contributed by atoms with Gasteiger partial charge in [0, 0.05) is 12.2 Å². The molecule has 0 saturated carbocycles. The summed E-state index contributed by atoms with van der Waals surface area (Å²) < 4.78 is 0. The van der Waals surface area contributed by atoms with Crippen molar-refractivity contribution in [3.05, 3.63) is 29.8 Å². The molecule has 0 aromatic heterocycles. The van der Waals surface area contributed by atoms with Gasteiger partial charge in [-0.25, -0.2) is 0 Å². The molecule has 6 heteroatoms. The fraction of sp³-hybridized carbons (Fsp3) is 0.429. The summed E-state index contributed by atoms with van der Waals surface area (Å²) in [4.78, 5) is 22.8. The van der Waals surface area contributed by atoms with Crippen molar-refractivity contribution in [2.45, 2.75) is 19.3 Å². The number of nitrogens with two attached hydrogens (primary N) is 1. The normalized spacial score (nSPS) is 17.9. The summed E-state index contributed by atoms with van der Waals surface area (Å²) in [7, 11) is 0. The number of nitrogens with one attached hydrogen (secondary N) is 2. The van der Waals surface area contributed by atoms with E-state index < -0.39 is 0 Å². The Bertz CT molecular complexity index is 456. The zero-order valence-electron chi connectivity index (χ0n) is 11.2. The van der Waals surface area contributed by atoms with Crippen LogP contribution in [0.4, 0.5) is 5.69 Å². The minimum Gasteiger partial charge on any atom is -0.369 e. The number of amides is 2. The highest BCUT2D eigenvalue weighted by Crippen LogP contribution is 2.15. The van der Waals surface area contributed by atoms with E-state index in [0.717, 1.165) is 37.2 Å². The molecule has 2 amide bonds. The third-order valence-corrected chi connectivity index (χ3v) is 3.27. The van der Waals surface area contributed by atoms with Crippen molar-refractivity contribution in [1.82, 2.24) is 5.32 Å². The van der Waals surface area contributed by atoms with Crippen LogP contribution in [-0.2, 0) is 16.0 Å². The first-order valence-electron chi connectivity index (χ1n) is 6.54. The monoisotopic (exact) mass is 297 g/mol. The maximum atomic E-state index is 12.0. The van der Waals surface area contributed by atoms with Crippen LogP contribution in [0.15, 0.2) is 24.3 Å². The zero-order chi connectivity index (χ0) is 13.7. The van der Waals surface area contributed by atoms with Crippen molar-refractivity contribution in [1.29, 1.82) is 0 Å². The van der Waals surface area contributed by atoms with Crippen LogP contribution in [0, 0.1) is 5.92 Å². The summed E-state index contributed by atoms with van der Waals surface area (Å²) >= 11 is 0. The van der Waals surface area contributed by atoms with Gasteiger partial charge in [-0.3, -0.25) is 9.59 Å². The van der Waals surface area contributed by atoms with Gasteiger partial charge < -0.3 is 16.4 Å². The molecule has 1 aliphatic rings. The first kappa shape index (κ1) is 16.5. The van der Waals surface area contributed by atoms with Crippen molar-refractivity contribution in [3.63, 3.8) is 0 Å². The van der Waals surface area contributed by atoms with Crippen molar-refractivity contribution in [2.75, 3.05) is 18.4 Å². The SMILES string of the molecule is Cl.NC(=O)Cc1ccc(NC(=O)[C@@H]2CCCNC2)cc1. The average molecular weight is 298 g/mol. The van der Waals surface area contributed by atoms with Crippen LogP contribution < -0.4 is 16.4 Å². The van der Waals surface area contributed by atoms with Gasteiger partial charge in [-0.2, -0.15) is 0 Å². The molecule has 5 nitrogen and oxygen atoms in total. The van der Waals surface area contributed by atoms with Crippen LogP contribution in [-0.4, -0.2) is 24.9 Å². The third kappa shape index (κ3) is 4.83. The molecule has 0 bridgehead atoms. The topological polar surface area (TPSA) is 84.2 Å². The van der Waals surface area contributed by atoms with Crippen LogP contribution in [0.3, 0.4) is 0 Å². The van der Waals surface area contributed by atoms with Gasteiger partial charge in [-0.1, -0.05) is 12.1 Å². The van der Waals surface area contributed by atoms with Crippen LogP contribution in [0.2, 0.25) is 0 Å². The van der Waals surface area contributed by atoms with E-state index in [1.54, 1.807) is 24.3 Å². The number of carbonyl (C=O) groups excluding carboxylic acids is 2. The number of rotatable bonds is 4. The Morgan fingerprint density at radius 3 is 2.55 bits per heavy atom. The molecule has 1 aromatic carbocycles. The largest absolute Gasteiger partial charge is 0.369 e. The predicted molar refractivity (Wildman–Crippen MR) is 80.8 cm³/mol. The van der Waals surface area contributed by atoms with Gasteiger partial charge in [0.15, 0.2) is 0 Å². The highest BCUT2D eigenvalue weighted by molar-refractivity contribution is 5.92. The van der Waals surface area contributed by atoms with E-state index in [2.05, 4.69) is 10.6 Å². The van der Waals surface area contributed by atoms with E-state index in [0.29, 0.717) is 0 Å².